The molecular formula is C3H5N3. The molecule has 0 saturated carbocycles. The van der Waals surface area contributed by atoms with E-state index in [2.05, 4.69) is 5.10 Å². The van der Waals surface area contributed by atoms with Crippen molar-refractivity contribution in [2.24, 2.45) is 0 Å². The maximum absolute atomic E-state index is 6.82. The van der Waals surface area contributed by atoms with E-state index in [1.165, 1.54) is 6.07 Å². The van der Waals surface area contributed by atoms with Gasteiger partial charge in [0.05, 0.1) is 7.54 Å². The van der Waals surface area contributed by atoms with Crippen LogP contribution in [0.25, 0.3) is 0 Å². The Morgan fingerprint density at radius 1 is 2.33 bits per heavy atom. The van der Waals surface area contributed by atoms with E-state index in [1.54, 1.807) is 0 Å². The number of nitrogens with zero attached hydrogens (tertiary/aromatic N) is 1. The molecule has 3 N–H and O–H groups in total. The maximum atomic E-state index is 6.82. The molecule has 0 aromatic carbocycles. The highest BCUT2D eigenvalue weighted by atomic mass is 15.1. The molecule has 0 aliphatic heterocycles. The van der Waals surface area contributed by atoms with E-state index < -0.39 is 0 Å². The largest absolute Gasteiger partial charge is 0.384 e. The number of hydrogen-bond acceptors (Lipinski definition) is 2. The molecule has 0 aliphatic carbocycles. The lowest BCUT2D eigenvalue weighted by molar-refractivity contribution is 1.10. The van der Waals surface area contributed by atoms with E-state index in [0.717, 1.165) is 0 Å². The van der Waals surface area contributed by atoms with Gasteiger partial charge >= 0.3 is 0 Å². The van der Waals surface area contributed by atoms with Crippen molar-refractivity contribution in [3.8, 4) is 0 Å². The highest BCUT2D eigenvalue weighted by molar-refractivity contribution is 5.22. The average Bonchev–Trinajstić information content (AvgIpc) is 1.85. The minimum Gasteiger partial charge on any atom is -0.384 e. The summed E-state index contributed by atoms with van der Waals surface area (Å²) in [5, 5.41) is 4.05. The molecular weight excluding hydrogens is 78.1 g/mol. The van der Waals surface area contributed by atoms with E-state index >= 15 is 0 Å². The van der Waals surface area contributed by atoms with Gasteiger partial charge in [0.25, 0.3) is 0 Å². The normalized spacial score (nSPS) is 13.3. The fourth-order valence-electron chi connectivity index (χ4n) is 0.210. The first-order chi connectivity index (χ1) is 3.70. The molecule has 0 atom stereocenters. The van der Waals surface area contributed by atoms with Gasteiger partial charge in [-0.3, -0.25) is 5.09 Å². The van der Waals surface area contributed by atoms with Crippen molar-refractivity contribution in [2.45, 2.75) is 0 Å². The zero-order chi connectivity index (χ0) is 6.15. The van der Waals surface area contributed by atoms with E-state index in [-0.39, 0.29) is 12.0 Å². The zero-order valence-electron chi connectivity index (χ0n) is 5.05. The second-order valence-corrected chi connectivity index (χ2v) is 0.898. The Bertz CT molecular complexity index is 175. The van der Waals surface area contributed by atoms with Crippen LogP contribution >= 0.6 is 0 Å². The van der Waals surface area contributed by atoms with Gasteiger partial charge in [0.2, 0.25) is 0 Å². The number of nitrogen functional groups attached to an aromatic ring is 1. The number of nitrogens with one attached hydrogen (secondary N) is 1. The number of nitrogens with two attached hydrogens (primary N) is 1. The summed E-state index contributed by atoms with van der Waals surface area (Å²) in [4.78, 5) is 0. The second kappa shape index (κ2) is 1.01. The van der Waals surface area contributed by atoms with Gasteiger partial charge in [0.1, 0.15) is 5.82 Å². The molecule has 1 heterocycles. The third-order valence-electron chi connectivity index (χ3n) is 0.436. The molecule has 6 heavy (non-hydrogen) atoms. The van der Waals surface area contributed by atoms with Crippen LogP contribution in [0.4, 0.5) is 5.82 Å². The molecule has 1 aromatic rings. The van der Waals surface area contributed by atoms with Crippen molar-refractivity contribution in [2.75, 3.05) is 5.73 Å². The van der Waals surface area contributed by atoms with Crippen LogP contribution in [-0.2, 0) is 0 Å². The van der Waals surface area contributed by atoms with Gasteiger partial charge in [0, 0.05) is 0 Å². The van der Waals surface area contributed by atoms with Crippen LogP contribution in [0.3, 0.4) is 0 Å². The monoisotopic (exact) mass is 87.1 g/mol. The molecule has 1 rings (SSSR count). The van der Waals surface area contributed by atoms with Crippen LogP contribution in [0.5, 0.6) is 0 Å². The van der Waals surface area contributed by atoms with Gasteiger partial charge in [0.15, 0.2) is 1.41 Å². The molecule has 0 fully saturated rings. The first kappa shape index (κ1) is 1.64. The van der Waals surface area contributed by atoms with Gasteiger partial charge in [-0.25, -0.2) is 0 Å². The number of hydrogen-bond donors (Lipinski definition) is 2. The van der Waals surface area contributed by atoms with Crippen LogP contribution in [0.15, 0.2) is 12.2 Å². The van der Waals surface area contributed by atoms with Crippen LogP contribution in [-0.4, -0.2) is 10.2 Å². The fourth-order valence-corrected chi connectivity index (χ4v) is 0.210. The predicted octanol–water partition coefficient (Wildman–Crippen LogP) is -0.00810. The SMILES string of the molecule is [3H]c1cc(N)n([3H])n1. The summed E-state index contributed by atoms with van der Waals surface area (Å²) < 4.78 is 13.6. The second-order valence-electron chi connectivity index (χ2n) is 0.898. The van der Waals surface area contributed by atoms with E-state index in [1.807, 2.05) is 0 Å². The minimum absolute atomic E-state index is 0.0255. The summed E-state index contributed by atoms with van der Waals surface area (Å²) in [6, 6.07) is 1.31. The summed E-state index contributed by atoms with van der Waals surface area (Å²) in [5.41, 5.74) is 5.13. The van der Waals surface area contributed by atoms with Crippen molar-refractivity contribution >= 4 is 5.82 Å². The van der Waals surface area contributed by atoms with E-state index in [0.29, 0.717) is 5.09 Å². The van der Waals surface area contributed by atoms with Crippen LogP contribution in [0.1, 0.15) is 1.37 Å². The van der Waals surface area contributed by atoms with Crippen molar-refractivity contribution in [3.05, 3.63) is 12.2 Å². The minimum atomic E-state index is 0.0255. The number of rotatable bonds is 0. The number of aromatic amines is 1. The molecule has 1 aromatic heterocycles. The van der Waals surface area contributed by atoms with Crippen molar-refractivity contribution in [1.82, 2.24) is 10.2 Å². The van der Waals surface area contributed by atoms with Crippen molar-refractivity contribution in [3.63, 3.8) is 0 Å². The Morgan fingerprint density at radius 3 is 3.33 bits per heavy atom. The Balaban J connectivity index is 3.14. The Kier molecular flexibility index (Phi) is 0.275. The van der Waals surface area contributed by atoms with Gasteiger partial charge in [-0.1, -0.05) is 0 Å². The molecule has 3 nitrogen and oxygen atoms in total. The molecule has 0 unspecified atom stereocenters. The summed E-state index contributed by atoms with van der Waals surface area (Å²) in [6.07, 6.45) is 0.0255. The molecule has 32 valence electrons. The molecule has 0 bridgehead atoms. The van der Waals surface area contributed by atoms with Crippen molar-refractivity contribution < 1.29 is 2.78 Å². The molecule has 3 heteroatoms. The average molecular weight is 87.1 g/mol. The summed E-state index contributed by atoms with van der Waals surface area (Å²) in [5.74, 6) is 0.190. The fraction of sp³-hybridized carbons (Fsp3) is 0. The van der Waals surface area contributed by atoms with Gasteiger partial charge < -0.3 is 5.73 Å². The first-order valence-corrected chi connectivity index (χ1v) is 1.51. The molecule has 0 amide bonds. The topological polar surface area (TPSA) is 54.7 Å². The molecule has 0 radical (unpaired) electrons. The summed E-state index contributed by atoms with van der Waals surface area (Å²) in [6.45, 7) is 0. The lowest BCUT2D eigenvalue weighted by Gasteiger charge is -1.70. The smallest absolute Gasteiger partial charge is 0.192 e. The third kappa shape index (κ3) is 0.337. The van der Waals surface area contributed by atoms with Crippen LogP contribution in [0, 0.1) is 0 Å². The Morgan fingerprint density at radius 2 is 3.17 bits per heavy atom. The third-order valence-corrected chi connectivity index (χ3v) is 0.436. The van der Waals surface area contributed by atoms with E-state index in [4.69, 9.17) is 8.52 Å². The zero-order valence-corrected chi connectivity index (χ0v) is 3.05. The van der Waals surface area contributed by atoms with Gasteiger partial charge in [-0.2, -0.15) is 5.10 Å². The lowest BCUT2D eigenvalue weighted by atomic mass is 10.7. The standard InChI is InChI=1S/C3H5N3/c4-3-1-2-5-6-3/h1-2H,(H3,4,5,6)/i2T/hT. The summed E-state index contributed by atoms with van der Waals surface area (Å²) in [7, 11) is 0. The quantitative estimate of drug-likeness (QED) is 0.467. The van der Waals surface area contributed by atoms with E-state index in [9.17, 15) is 0 Å². The number of H-pyrrole nitrogens is 1. The van der Waals surface area contributed by atoms with Crippen molar-refractivity contribution in [1.29, 1.82) is 0 Å². The summed E-state index contributed by atoms with van der Waals surface area (Å²) >= 11 is 0. The number of aromatic nitrogens is 2. The molecule has 0 spiro atoms. The van der Waals surface area contributed by atoms with Crippen LogP contribution < -0.4 is 5.73 Å². The Hall–Kier alpha value is -0.990. The highest BCUT2D eigenvalue weighted by Gasteiger charge is 1.74. The highest BCUT2D eigenvalue weighted by Crippen LogP contribution is 1.86. The van der Waals surface area contributed by atoms with Gasteiger partial charge in [-0.05, 0) is 6.07 Å². The lowest BCUT2D eigenvalue weighted by Crippen LogP contribution is -1.81. The van der Waals surface area contributed by atoms with Gasteiger partial charge in [-0.15, -0.1) is 0 Å². The number of anilines is 1. The first-order valence-electron chi connectivity index (χ1n) is 2.46. The predicted molar refractivity (Wildman–Crippen MR) is 23.0 cm³/mol. The molecule has 0 saturated heterocycles. The molecule has 0 aliphatic rings. The maximum Gasteiger partial charge on any atom is 0.192 e. The van der Waals surface area contributed by atoms with Crippen LogP contribution in [0.2, 0.25) is 1.41 Å². The Labute approximate surface area is 38.0 Å².